The van der Waals surface area contributed by atoms with Gasteiger partial charge >= 0.3 is 0 Å². The van der Waals surface area contributed by atoms with Gasteiger partial charge in [-0.15, -0.1) is 0 Å². The summed E-state index contributed by atoms with van der Waals surface area (Å²) in [7, 11) is 0. The molecule has 11 heavy (non-hydrogen) atoms. The van der Waals surface area contributed by atoms with Gasteiger partial charge in [-0.25, -0.2) is 0 Å². The van der Waals surface area contributed by atoms with E-state index in [0.717, 1.165) is 12.8 Å². The molecular weight excluding hydrogens is 146 g/mol. The van der Waals surface area contributed by atoms with Crippen LogP contribution in [-0.2, 0) is 4.74 Å². The predicted octanol–water partition coefficient (Wildman–Crippen LogP) is 0.129. The highest BCUT2D eigenvalue weighted by Gasteiger charge is 2.40. The van der Waals surface area contributed by atoms with Crippen molar-refractivity contribution in [1.82, 2.24) is 0 Å². The van der Waals surface area contributed by atoms with Crippen molar-refractivity contribution in [2.24, 2.45) is 5.16 Å². The molecule has 62 valence electrons. The minimum atomic E-state index is -0.682. The van der Waals surface area contributed by atoms with Gasteiger partial charge in [0.15, 0.2) is 0 Å². The number of nitrogens with zero attached hydrogens (tertiary/aromatic N) is 1. The van der Waals surface area contributed by atoms with Crippen LogP contribution in [0.15, 0.2) is 5.16 Å². The lowest BCUT2D eigenvalue weighted by molar-refractivity contribution is -0.0256. The summed E-state index contributed by atoms with van der Waals surface area (Å²) >= 11 is 0. The first-order valence-corrected chi connectivity index (χ1v) is 3.85. The summed E-state index contributed by atoms with van der Waals surface area (Å²) in [6.07, 6.45) is 1.80. The van der Waals surface area contributed by atoms with E-state index in [1.165, 1.54) is 0 Å². The molecule has 0 amide bonds. The molecule has 0 radical (unpaired) electrons. The number of oxime groups is 1. The first kappa shape index (κ1) is 7.06. The third-order valence-corrected chi connectivity index (χ3v) is 2.40. The summed E-state index contributed by atoms with van der Waals surface area (Å²) in [6, 6.07) is 0. The van der Waals surface area contributed by atoms with Gasteiger partial charge in [-0.2, -0.15) is 0 Å². The van der Waals surface area contributed by atoms with E-state index in [-0.39, 0.29) is 12.2 Å². The summed E-state index contributed by atoms with van der Waals surface area (Å²) < 4.78 is 5.40. The minimum absolute atomic E-state index is 0.125. The van der Waals surface area contributed by atoms with E-state index in [4.69, 9.17) is 9.94 Å². The molecule has 4 nitrogen and oxygen atoms in total. The second kappa shape index (κ2) is 2.46. The van der Waals surface area contributed by atoms with Crippen LogP contribution >= 0.6 is 0 Å². The van der Waals surface area contributed by atoms with Gasteiger partial charge in [0.05, 0.1) is 17.9 Å². The van der Waals surface area contributed by atoms with E-state index in [2.05, 4.69) is 5.16 Å². The van der Waals surface area contributed by atoms with Crippen LogP contribution in [0.4, 0.5) is 0 Å². The Balaban J connectivity index is 2.18. The van der Waals surface area contributed by atoms with Crippen molar-refractivity contribution >= 4 is 5.71 Å². The molecule has 3 atom stereocenters. The molecule has 2 saturated heterocycles. The third-order valence-electron chi connectivity index (χ3n) is 2.40. The average molecular weight is 157 g/mol. The smallest absolute Gasteiger partial charge is 0.122 e. The quantitative estimate of drug-likeness (QED) is 0.388. The zero-order valence-electron chi connectivity index (χ0n) is 6.10. The van der Waals surface area contributed by atoms with Gasteiger partial charge in [-0.05, 0) is 12.8 Å². The molecule has 0 aromatic heterocycles. The molecule has 2 heterocycles. The van der Waals surface area contributed by atoms with Gasteiger partial charge in [0.1, 0.15) is 6.10 Å². The van der Waals surface area contributed by atoms with Crippen molar-refractivity contribution in [3.05, 3.63) is 0 Å². The molecule has 0 aromatic carbocycles. The molecule has 2 fully saturated rings. The fourth-order valence-electron chi connectivity index (χ4n) is 1.78. The second-order valence-corrected chi connectivity index (χ2v) is 3.11. The average Bonchev–Trinajstić information content (AvgIpc) is 2.42. The molecule has 0 spiro atoms. The summed E-state index contributed by atoms with van der Waals surface area (Å²) in [5.41, 5.74) is 0.476. The maximum absolute atomic E-state index is 9.44. The van der Waals surface area contributed by atoms with Gasteiger partial charge in [0.2, 0.25) is 0 Å². The fraction of sp³-hybridized carbons (Fsp3) is 0.857. The topological polar surface area (TPSA) is 62.1 Å². The minimum Gasteiger partial charge on any atom is -0.411 e. The maximum Gasteiger partial charge on any atom is 0.122 e. The fourth-order valence-corrected chi connectivity index (χ4v) is 1.78. The number of hydrogen-bond acceptors (Lipinski definition) is 4. The van der Waals surface area contributed by atoms with Gasteiger partial charge in [0, 0.05) is 6.42 Å². The number of hydrogen-bond donors (Lipinski definition) is 2. The molecule has 2 aliphatic rings. The highest BCUT2D eigenvalue weighted by molar-refractivity contribution is 5.89. The van der Waals surface area contributed by atoms with Crippen molar-refractivity contribution in [3.8, 4) is 0 Å². The zero-order valence-corrected chi connectivity index (χ0v) is 6.10. The lowest BCUT2D eigenvalue weighted by Gasteiger charge is -2.25. The lowest BCUT2D eigenvalue weighted by atomic mass is 10.1. The van der Waals surface area contributed by atoms with E-state index in [9.17, 15) is 5.11 Å². The van der Waals surface area contributed by atoms with E-state index in [1.807, 2.05) is 0 Å². The van der Waals surface area contributed by atoms with Crippen molar-refractivity contribution in [2.75, 3.05) is 0 Å². The summed E-state index contributed by atoms with van der Waals surface area (Å²) in [4.78, 5) is 0. The molecule has 0 saturated carbocycles. The van der Waals surface area contributed by atoms with Crippen molar-refractivity contribution < 1.29 is 15.1 Å². The number of aliphatic hydroxyl groups is 1. The first-order valence-electron chi connectivity index (χ1n) is 3.85. The molecule has 4 heteroatoms. The summed E-state index contributed by atoms with van der Waals surface area (Å²) in [6.45, 7) is 0. The molecule has 0 unspecified atom stereocenters. The molecule has 2 N–H and O–H groups in total. The monoisotopic (exact) mass is 157 g/mol. The first-order chi connectivity index (χ1) is 5.31. The van der Waals surface area contributed by atoms with Crippen molar-refractivity contribution in [1.29, 1.82) is 0 Å². The highest BCUT2D eigenvalue weighted by Crippen LogP contribution is 2.30. The Hall–Kier alpha value is -0.610. The Morgan fingerprint density at radius 3 is 3.00 bits per heavy atom. The lowest BCUT2D eigenvalue weighted by Crippen LogP contribution is -2.40. The Labute approximate surface area is 64.5 Å². The number of fused-ring (bicyclic) bond motifs is 2. The Kier molecular flexibility index (Phi) is 1.58. The van der Waals surface area contributed by atoms with E-state index in [1.54, 1.807) is 0 Å². The molecular formula is C7H11NO3. The van der Waals surface area contributed by atoms with Crippen LogP contribution in [0.1, 0.15) is 19.3 Å². The van der Waals surface area contributed by atoms with E-state index < -0.39 is 6.10 Å². The normalized spacial score (nSPS) is 46.6. The van der Waals surface area contributed by atoms with Crippen LogP contribution in [0.3, 0.4) is 0 Å². The van der Waals surface area contributed by atoms with Crippen LogP contribution in [0.5, 0.6) is 0 Å². The van der Waals surface area contributed by atoms with Crippen molar-refractivity contribution in [2.45, 2.75) is 37.6 Å². The molecule has 2 aliphatic heterocycles. The largest absolute Gasteiger partial charge is 0.411 e. The van der Waals surface area contributed by atoms with Gasteiger partial charge < -0.3 is 15.1 Å². The van der Waals surface area contributed by atoms with Gasteiger partial charge in [-0.3, -0.25) is 0 Å². The van der Waals surface area contributed by atoms with Crippen molar-refractivity contribution in [3.63, 3.8) is 0 Å². The van der Waals surface area contributed by atoms with E-state index in [0.29, 0.717) is 12.1 Å². The van der Waals surface area contributed by atoms with Crippen LogP contribution in [-0.4, -0.2) is 34.3 Å². The molecule has 2 rings (SSSR count). The summed E-state index contributed by atoms with van der Waals surface area (Å²) in [5, 5.41) is 21.0. The third kappa shape index (κ3) is 1.02. The summed E-state index contributed by atoms with van der Waals surface area (Å²) in [5.74, 6) is 0. The SMILES string of the molecule is ON=C1C[C@@H]2CC[C@@H](O2)[C@H]1O. The molecule has 2 bridgehead atoms. The van der Waals surface area contributed by atoms with Gasteiger partial charge in [0.25, 0.3) is 0 Å². The number of aliphatic hydroxyl groups excluding tert-OH is 1. The standard InChI is InChI=1S/C7H11NO3/c9-7-5(8-10)3-4-1-2-6(7)11-4/h4,6-7,9-10H,1-3H2/t4-,6+,7-/m0/s1. The Morgan fingerprint density at radius 1 is 1.45 bits per heavy atom. The second-order valence-electron chi connectivity index (χ2n) is 3.11. The van der Waals surface area contributed by atoms with Crippen LogP contribution < -0.4 is 0 Å². The number of ether oxygens (including phenoxy) is 1. The molecule has 0 aliphatic carbocycles. The zero-order chi connectivity index (χ0) is 7.84. The maximum atomic E-state index is 9.44. The Bertz CT molecular complexity index is 192. The van der Waals surface area contributed by atoms with Gasteiger partial charge in [-0.1, -0.05) is 5.16 Å². The van der Waals surface area contributed by atoms with Crippen LogP contribution in [0.25, 0.3) is 0 Å². The molecule has 0 aromatic rings. The van der Waals surface area contributed by atoms with E-state index >= 15 is 0 Å². The predicted molar refractivity (Wildman–Crippen MR) is 37.7 cm³/mol. The highest BCUT2D eigenvalue weighted by atomic mass is 16.5. The van der Waals surface area contributed by atoms with Crippen LogP contribution in [0.2, 0.25) is 0 Å². The van der Waals surface area contributed by atoms with Crippen LogP contribution in [0, 0.1) is 0 Å². The Morgan fingerprint density at radius 2 is 2.27 bits per heavy atom. The number of rotatable bonds is 0.